The number of nitrogens with two attached hydrogens (primary N) is 1. The molecule has 0 aromatic heterocycles. The summed E-state index contributed by atoms with van der Waals surface area (Å²) in [7, 11) is 1.91. The maximum atomic E-state index is 5.47. The standard InChI is InChI=1S/C8H20N2/c1-7(2)8(3)5-6-10(4)9/h7-8H,5-6,9H2,1-4H3. The molecule has 0 spiro atoms. The Morgan fingerprint density at radius 3 is 2.10 bits per heavy atom. The van der Waals surface area contributed by atoms with Gasteiger partial charge in [0.1, 0.15) is 0 Å². The van der Waals surface area contributed by atoms with Gasteiger partial charge in [0, 0.05) is 13.6 Å². The van der Waals surface area contributed by atoms with Gasteiger partial charge in [-0.3, -0.25) is 10.9 Å². The Bertz CT molecular complexity index is 79.3. The van der Waals surface area contributed by atoms with Gasteiger partial charge in [-0.15, -0.1) is 0 Å². The van der Waals surface area contributed by atoms with E-state index in [1.165, 1.54) is 6.42 Å². The third kappa shape index (κ3) is 4.77. The van der Waals surface area contributed by atoms with Crippen LogP contribution in [0.2, 0.25) is 0 Å². The molecule has 0 rings (SSSR count). The van der Waals surface area contributed by atoms with Gasteiger partial charge in [-0.1, -0.05) is 20.8 Å². The van der Waals surface area contributed by atoms with Crippen LogP contribution in [0, 0.1) is 11.8 Å². The van der Waals surface area contributed by atoms with E-state index in [1.54, 1.807) is 5.01 Å². The fraction of sp³-hybridized carbons (Fsp3) is 1.00. The van der Waals surface area contributed by atoms with Gasteiger partial charge < -0.3 is 0 Å². The van der Waals surface area contributed by atoms with Gasteiger partial charge in [0.05, 0.1) is 0 Å². The van der Waals surface area contributed by atoms with Crippen LogP contribution in [-0.2, 0) is 0 Å². The molecule has 0 saturated heterocycles. The Kier molecular flexibility index (Phi) is 4.65. The molecule has 0 amide bonds. The first-order valence-corrected chi connectivity index (χ1v) is 4.00. The third-order valence-corrected chi connectivity index (χ3v) is 2.08. The van der Waals surface area contributed by atoms with E-state index in [-0.39, 0.29) is 0 Å². The highest BCUT2D eigenvalue weighted by molar-refractivity contribution is 4.57. The molecule has 1 unspecified atom stereocenters. The van der Waals surface area contributed by atoms with E-state index >= 15 is 0 Å². The van der Waals surface area contributed by atoms with Crippen molar-refractivity contribution in [1.29, 1.82) is 0 Å². The second-order valence-corrected chi connectivity index (χ2v) is 3.49. The minimum atomic E-state index is 0.778. The summed E-state index contributed by atoms with van der Waals surface area (Å²) in [6, 6.07) is 0. The van der Waals surface area contributed by atoms with Crippen molar-refractivity contribution in [3.05, 3.63) is 0 Å². The smallest absolute Gasteiger partial charge is 0.0128 e. The lowest BCUT2D eigenvalue weighted by molar-refractivity contribution is 0.287. The zero-order valence-corrected chi connectivity index (χ0v) is 7.59. The molecule has 0 aliphatic rings. The molecule has 2 heteroatoms. The molecule has 10 heavy (non-hydrogen) atoms. The zero-order valence-electron chi connectivity index (χ0n) is 7.59. The van der Waals surface area contributed by atoms with Crippen LogP contribution in [-0.4, -0.2) is 18.6 Å². The van der Waals surface area contributed by atoms with Crippen LogP contribution < -0.4 is 5.84 Å². The normalized spacial score (nSPS) is 14.7. The highest BCUT2D eigenvalue weighted by atomic mass is 15.4. The largest absolute Gasteiger partial charge is 0.269 e. The van der Waals surface area contributed by atoms with Gasteiger partial charge in [-0.2, -0.15) is 0 Å². The van der Waals surface area contributed by atoms with E-state index in [2.05, 4.69) is 20.8 Å². The molecule has 62 valence electrons. The maximum Gasteiger partial charge on any atom is 0.0128 e. The number of nitrogens with zero attached hydrogens (tertiary/aromatic N) is 1. The number of hydrogen-bond donors (Lipinski definition) is 1. The molecular weight excluding hydrogens is 124 g/mol. The van der Waals surface area contributed by atoms with Gasteiger partial charge >= 0.3 is 0 Å². The van der Waals surface area contributed by atoms with Gasteiger partial charge in [0.15, 0.2) is 0 Å². The molecule has 0 aliphatic heterocycles. The summed E-state index contributed by atoms with van der Waals surface area (Å²) in [4.78, 5) is 0. The van der Waals surface area contributed by atoms with E-state index in [0.717, 1.165) is 18.4 Å². The minimum absolute atomic E-state index is 0.778. The Morgan fingerprint density at radius 2 is 1.80 bits per heavy atom. The molecule has 0 aromatic carbocycles. The topological polar surface area (TPSA) is 29.3 Å². The number of hydrazine groups is 1. The Balaban J connectivity index is 3.30. The highest BCUT2D eigenvalue weighted by Gasteiger charge is 2.06. The molecule has 0 radical (unpaired) electrons. The van der Waals surface area contributed by atoms with Gasteiger partial charge in [0.25, 0.3) is 0 Å². The zero-order chi connectivity index (χ0) is 8.15. The minimum Gasteiger partial charge on any atom is -0.269 e. The predicted molar refractivity (Wildman–Crippen MR) is 45.4 cm³/mol. The summed E-state index contributed by atoms with van der Waals surface area (Å²) < 4.78 is 0. The third-order valence-electron chi connectivity index (χ3n) is 2.08. The van der Waals surface area contributed by atoms with Crippen molar-refractivity contribution in [2.75, 3.05) is 13.6 Å². The SMILES string of the molecule is CC(C)C(C)CCN(C)N. The van der Waals surface area contributed by atoms with Gasteiger partial charge in [-0.25, -0.2) is 0 Å². The molecule has 1 atom stereocenters. The van der Waals surface area contributed by atoms with Crippen molar-refractivity contribution in [1.82, 2.24) is 5.01 Å². The molecule has 0 fully saturated rings. The Hall–Kier alpha value is -0.0800. The first-order chi connectivity index (χ1) is 4.54. The lowest BCUT2D eigenvalue weighted by Crippen LogP contribution is -2.28. The maximum absolute atomic E-state index is 5.47. The van der Waals surface area contributed by atoms with E-state index in [4.69, 9.17) is 5.84 Å². The van der Waals surface area contributed by atoms with Crippen LogP contribution in [0.4, 0.5) is 0 Å². The average molecular weight is 144 g/mol. The number of rotatable bonds is 4. The lowest BCUT2D eigenvalue weighted by Gasteiger charge is -2.17. The second kappa shape index (κ2) is 4.69. The molecule has 0 aromatic rings. The average Bonchev–Trinajstić information content (AvgIpc) is 1.82. The van der Waals surface area contributed by atoms with Crippen LogP contribution in [0.15, 0.2) is 0 Å². The highest BCUT2D eigenvalue weighted by Crippen LogP contribution is 2.13. The van der Waals surface area contributed by atoms with Crippen molar-refractivity contribution in [2.24, 2.45) is 17.7 Å². The molecular formula is C8H20N2. The molecule has 0 saturated carbocycles. The van der Waals surface area contributed by atoms with Crippen molar-refractivity contribution < 1.29 is 0 Å². The first kappa shape index (κ1) is 9.92. The molecule has 0 aliphatic carbocycles. The van der Waals surface area contributed by atoms with E-state index in [1.807, 2.05) is 7.05 Å². The molecule has 0 heterocycles. The molecule has 2 N–H and O–H groups in total. The van der Waals surface area contributed by atoms with Gasteiger partial charge in [0.2, 0.25) is 0 Å². The Morgan fingerprint density at radius 1 is 1.30 bits per heavy atom. The van der Waals surface area contributed by atoms with Crippen molar-refractivity contribution in [3.63, 3.8) is 0 Å². The summed E-state index contributed by atoms with van der Waals surface area (Å²) in [5.74, 6) is 7.04. The van der Waals surface area contributed by atoms with Crippen LogP contribution >= 0.6 is 0 Å². The second-order valence-electron chi connectivity index (χ2n) is 3.49. The van der Waals surface area contributed by atoms with Crippen molar-refractivity contribution in [3.8, 4) is 0 Å². The molecule has 0 bridgehead atoms. The van der Waals surface area contributed by atoms with Crippen molar-refractivity contribution in [2.45, 2.75) is 27.2 Å². The summed E-state index contributed by atoms with van der Waals surface area (Å²) in [6.07, 6.45) is 1.20. The summed E-state index contributed by atoms with van der Waals surface area (Å²) in [6.45, 7) is 7.77. The van der Waals surface area contributed by atoms with E-state index in [9.17, 15) is 0 Å². The van der Waals surface area contributed by atoms with E-state index in [0.29, 0.717) is 0 Å². The fourth-order valence-corrected chi connectivity index (χ4v) is 0.741. The fourth-order valence-electron chi connectivity index (χ4n) is 0.741. The summed E-state index contributed by atoms with van der Waals surface area (Å²) in [5, 5.41) is 1.75. The monoisotopic (exact) mass is 144 g/mol. The lowest BCUT2D eigenvalue weighted by atomic mass is 9.95. The van der Waals surface area contributed by atoms with Crippen LogP contribution in [0.5, 0.6) is 0 Å². The molecule has 2 nitrogen and oxygen atoms in total. The summed E-state index contributed by atoms with van der Waals surface area (Å²) >= 11 is 0. The van der Waals surface area contributed by atoms with Crippen LogP contribution in [0.25, 0.3) is 0 Å². The Labute approximate surface area is 64.4 Å². The predicted octanol–water partition coefficient (Wildman–Crippen LogP) is 1.47. The quantitative estimate of drug-likeness (QED) is 0.478. The van der Waals surface area contributed by atoms with Crippen LogP contribution in [0.3, 0.4) is 0 Å². The first-order valence-electron chi connectivity index (χ1n) is 4.00. The van der Waals surface area contributed by atoms with Gasteiger partial charge in [-0.05, 0) is 18.3 Å². The van der Waals surface area contributed by atoms with Crippen LogP contribution in [0.1, 0.15) is 27.2 Å². The summed E-state index contributed by atoms with van der Waals surface area (Å²) in [5.41, 5.74) is 0. The van der Waals surface area contributed by atoms with Crippen molar-refractivity contribution >= 4 is 0 Å². The number of hydrogen-bond acceptors (Lipinski definition) is 2. The van der Waals surface area contributed by atoms with E-state index < -0.39 is 0 Å².